The molecule has 0 radical (unpaired) electrons. The third kappa shape index (κ3) is 2.72. The molecule has 0 bridgehead atoms. The Bertz CT molecular complexity index is 711. The van der Waals surface area contributed by atoms with E-state index in [0.29, 0.717) is 31.4 Å². The Balaban J connectivity index is 2.02. The quantitative estimate of drug-likeness (QED) is 0.882. The lowest BCUT2D eigenvalue weighted by Gasteiger charge is -2.29. The Kier molecular flexibility index (Phi) is 4.10. The number of anilines is 1. The monoisotopic (exact) mass is 339 g/mol. The second-order valence-electron chi connectivity index (χ2n) is 6.35. The molecule has 0 spiro atoms. The highest BCUT2D eigenvalue weighted by molar-refractivity contribution is 7.94. The number of carbonyl (C=O) groups is 1. The van der Waals surface area contributed by atoms with Gasteiger partial charge in [0.1, 0.15) is 4.75 Å². The van der Waals surface area contributed by atoms with Crippen LogP contribution in [0.4, 0.5) is 5.69 Å². The molecule has 1 atom stereocenters. The Morgan fingerprint density at radius 1 is 1.39 bits per heavy atom. The summed E-state index contributed by atoms with van der Waals surface area (Å²) in [5, 5.41) is 9.35. The number of carboxylic acids is 1. The number of nitrogens with zero attached hydrogens (tertiary/aromatic N) is 1. The lowest BCUT2D eigenvalue weighted by Crippen LogP contribution is -2.43. The number of fused-ring (bicyclic) bond motifs is 1. The van der Waals surface area contributed by atoms with Gasteiger partial charge >= 0.3 is 5.97 Å². The molecule has 126 valence electrons. The summed E-state index contributed by atoms with van der Waals surface area (Å²) < 4.78 is 32.0. The van der Waals surface area contributed by atoms with Crippen LogP contribution in [0.2, 0.25) is 0 Å². The maximum Gasteiger partial charge on any atom is 0.306 e. The third-order valence-corrected chi connectivity index (χ3v) is 7.39. The van der Waals surface area contributed by atoms with E-state index in [9.17, 15) is 18.3 Å². The Morgan fingerprint density at radius 3 is 2.70 bits per heavy atom. The predicted octanol–water partition coefficient (Wildman–Crippen LogP) is 1.65. The van der Waals surface area contributed by atoms with E-state index in [1.807, 2.05) is 12.1 Å². The number of sulfonamides is 1. The fourth-order valence-corrected chi connectivity index (χ4v) is 5.40. The van der Waals surface area contributed by atoms with Gasteiger partial charge in [0.25, 0.3) is 0 Å². The molecule has 7 heteroatoms. The van der Waals surface area contributed by atoms with Gasteiger partial charge in [0.05, 0.1) is 18.2 Å². The summed E-state index contributed by atoms with van der Waals surface area (Å²) in [6.07, 6.45) is 1.84. The molecule has 1 aromatic rings. The zero-order valence-corrected chi connectivity index (χ0v) is 13.9. The first-order valence-corrected chi connectivity index (χ1v) is 9.17. The molecule has 1 fully saturated rings. The number of rotatable bonds is 5. The van der Waals surface area contributed by atoms with Crippen LogP contribution in [0.5, 0.6) is 0 Å². The van der Waals surface area contributed by atoms with E-state index in [1.165, 1.54) is 11.4 Å². The van der Waals surface area contributed by atoms with Gasteiger partial charge in [-0.15, -0.1) is 0 Å². The largest absolute Gasteiger partial charge is 0.481 e. The van der Waals surface area contributed by atoms with Gasteiger partial charge in [-0.05, 0) is 37.3 Å². The highest BCUT2D eigenvalue weighted by Crippen LogP contribution is 2.47. The van der Waals surface area contributed by atoms with Crippen LogP contribution >= 0.6 is 0 Å². The molecule has 1 unspecified atom stereocenters. The molecule has 1 N–H and O–H groups in total. The number of hydrogen-bond donors (Lipinski definition) is 1. The van der Waals surface area contributed by atoms with Gasteiger partial charge in [-0.1, -0.05) is 18.2 Å². The van der Waals surface area contributed by atoms with Gasteiger partial charge in [-0.2, -0.15) is 0 Å². The summed E-state index contributed by atoms with van der Waals surface area (Å²) in [7, 11) is -2.08. The summed E-state index contributed by atoms with van der Waals surface area (Å²) >= 11 is 0. The van der Waals surface area contributed by atoms with Crippen molar-refractivity contribution in [3.05, 3.63) is 29.8 Å². The van der Waals surface area contributed by atoms with Gasteiger partial charge in [-0.25, -0.2) is 8.42 Å². The highest BCUT2D eigenvalue weighted by Gasteiger charge is 2.57. The first-order valence-electron chi connectivity index (χ1n) is 7.73. The minimum absolute atomic E-state index is 0.177. The van der Waals surface area contributed by atoms with Crippen LogP contribution in [-0.2, 0) is 26.0 Å². The van der Waals surface area contributed by atoms with Gasteiger partial charge in [0.2, 0.25) is 10.0 Å². The summed E-state index contributed by atoms with van der Waals surface area (Å²) in [4.78, 5) is 11.4. The van der Waals surface area contributed by atoms with Gasteiger partial charge < -0.3 is 9.84 Å². The van der Waals surface area contributed by atoms with E-state index in [-0.39, 0.29) is 13.2 Å². The van der Waals surface area contributed by atoms with Crippen molar-refractivity contribution in [2.24, 2.45) is 5.92 Å². The van der Waals surface area contributed by atoms with Crippen LogP contribution in [0.3, 0.4) is 0 Å². The van der Waals surface area contributed by atoms with E-state index in [4.69, 9.17) is 4.74 Å². The van der Waals surface area contributed by atoms with Gasteiger partial charge in [0.15, 0.2) is 0 Å². The van der Waals surface area contributed by atoms with E-state index >= 15 is 0 Å². The standard InChI is InChI=1S/C16H21NO5S/c1-22-11-16(7-8-16)23(20,21)17-9-6-13(15(18)19)10-12-4-2-3-5-14(12)17/h2-5,13H,6-11H2,1H3,(H,18,19). The number of hydrogen-bond acceptors (Lipinski definition) is 4. The molecule has 0 saturated heterocycles. The highest BCUT2D eigenvalue weighted by atomic mass is 32.2. The van der Waals surface area contributed by atoms with E-state index < -0.39 is 26.7 Å². The van der Waals surface area contributed by atoms with Crippen LogP contribution in [0.15, 0.2) is 24.3 Å². The summed E-state index contributed by atoms with van der Waals surface area (Å²) in [6.45, 7) is 0.373. The summed E-state index contributed by atoms with van der Waals surface area (Å²) in [5.74, 6) is -1.44. The maximum absolute atomic E-state index is 13.2. The fourth-order valence-electron chi connectivity index (χ4n) is 3.26. The minimum Gasteiger partial charge on any atom is -0.481 e. The van der Waals surface area contributed by atoms with Crippen molar-refractivity contribution in [1.82, 2.24) is 0 Å². The fraction of sp³-hybridized carbons (Fsp3) is 0.562. The molecule has 1 aliphatic heterocycles. The second-order valence-corrected chi connectivity index (χ2v) is 8.61. The van der Waals surface area contributed by atoms with Crippen molar-refractivity contribution in [3.8, 4) is 0 Å². The normalized spacial score (nSPS) is 23.0. The lowest BCUT2D eigenvalue weighted by molar-refractivity contribution is -0.141. The van der Waals surface area contributed by atoms with Crippen LogP contribution in [0.1, 0.15) is 24.8 Å². The predicted molar refractivity (Wildman–Crippen MR) is 86.0 cm³/mol. The molecular weight excluding hydrogens is 318 g/mol. The van der Waals surface area contributed by atoms with E-state index in [0.717, 1.165) is 5.56 Å². The molecule has 0 amide bonds. The average Bonchev–Trinajstić information content (AvgIpc) is 3.30. The van der Waals surface area contributed by atoms with Crippen LogP contribution in [0.25, 0.3) is 0 Å². The van der Waals surface area contributed by atoms with Crippen LogP contribution in [-0.4, -0.2) is 44.5 Å². The van der Waals surface area contributed by atoms with Crippen molar-refractivity contribution in [2.75, 3.05) is 24.6 Å². The number of carboxylic acid groups (broad SMARTS) is 1. The topological polar surface area (TPSA) is 83.9 Å². The summed E-state index contributed by atoms with van der Waals surface area (Å²) in [6, 6.07) is 7.18. The maximum atomic E-state index is 13.2. The van der Waals surface area contributed by atoms with Crippen molar-refractivity contribution in [1.29, 1.82) is 0 Å². The smallest absolute Gasteiger partial charge is 0.306 e. The Labute approximate surface area is 136 Å². The molecule has 1 saturated carbocycles. The zero-order chi connectivity index (χ0) is 16.7. The molecule has 3 rings (SSSR count). The average molecular weight is 339 g/mol. The van der Waals surface area contributed by atoms with Crippen molar-refractivity contribution < 1.29 is 23.1 Å². The van der Waals surface area contributed by atoms with Gasteiger partial charge in [-0.3, -0.25) is 9.10 Å². The molecular formula is C16H21NO5S. The van der Waals surface area contributed by atoms with Crippen molar-refractivity contribution >= 4 is 21.7 Å². The minimum atomic E-state index is -3.58. The number of para-hydroxylation sites is 1. The lowest BCUT2D eigenvalue weighted by atomic mass is 9.97. The van der Waals surface area contributed by atoms with Crippen LogP contribution < -0.4 is 4.31 Å². The number of ether oxygens (including phenoxy) is 1. The number of aliphatic carboxylic acids is 1. The molecule has 1 heterocycles. The molecule has 6 nitrogen and oxygen atoms in total. The first kappa shape index (κ1) is 16.3. The number of methoxy groups -OCH3 is 1. The Morgan fingerprint density at radius 2 is 2.09 bits per heavy atom. The van der Waals surface area contributed by atoms with E-state index in [2.05, 4.69) is 0 Å². The second kappa shape index (κ2) is 5.79. The third-order valence-electron chi connectivity index (χ3n) is 4.81. The van der Waals surface area contributed by atoms with Crippen molar-refractivity contribution in [2.45, 2.75) is 30.4 Å². The molecule has 1 aliphatic carbocycles. The SMILES string of the molecule is COCC1(S(=O)(=O)N2CCC(C(=O)O)Cc3ccccc32)CC1. The molecule has 23 heavy (non-hydrogen) atoms. The Hall–Kier alpha value is -1.60. The van der Waals surface area contributed by atoms with Crippen molar-refractivity contribution in [3.63, 3.8) is 0 Å². The molecule has 2 aliphatic rings. The molecule has 1 aromatic carbocycles. The van der Waals surface area contributed by atoms with E-state index in [1.54, 1.807) is 12.1 Å². The number of benzene rings is 1. The zero-order valence-electron chi connectivity index (χ0n) is 13.1. The summed E-state index contributed by atoms with van der Waals surface area (Å²) in [5.41, 5.74) is 1.38. The van der Waals surface area contributed by atoms with Gasteiger partial charge in [0, 0.05) is 13.7 Å². The van der Waals surface area contributed by atoms with Crippen LogP contribution in [0, 0.1) is 5.92 Å². The molecule has 0 aromatic heterocycles. The first-order chi connectivity index (χ1) is 10.9.